The third-order valence-electron chi connectivity index (χ3n) is 4.34. The molecule has 30 heavy (non-hydrogen) atoms. The highest BCUT2D eigenvalue weighted by molar-refractivity contribution is 6.34. The van der Waals surface area contributed by atoms with Crippen molar-refractivity contribution in [3.8, 4) is 0 Å². The zero-order valence-corrected chi connectivity index (χ0v) is 17.4. The SMILES string of the molecule is COC(=O)C(=O)C[C@@H]1C[C@@H](C(=O)OCc2ccccc2)N(C(=O)OC(C)(C)C)C1=O. The van der Waals surface area contributed by atoms with Gasteiger partial charge in [-0.1, -0.05) is 30.3 Å². The van der Waals surface area contributed by atoms with Crippen LogP contribution in [0.3, 0.4) is 0 Å². The number of hydrogen-bond acceptors (Lipinski definition) is 8. The molecule has 1 aromatic rings. The molecule has 9 nitrogen and oxygen atoms in total. The van der Waals surface area contributed by atoms with Crippen LogP contribution in [0.25, 0.3) is 0 Å². The maximum absolute atomic E-state index is 12.8. The van der Waals surface area contributed by atoms with Crippen LogP contribution in [0.2, 0.25) is 0 Å². The highest BCUT2D eigenvalue weighted by Gasteiger charge is 2.49. The van der Waals surface area contributed by atoms with Crippen molar-refractivity contribution in [1.29, 1.82) is 0 Å². The van der Waals surface area contributed by atoms with Gasteiger partial charge in [-0.05, 0) is 32.8 Å². The molecule has 9 heteroatoms. The molecule has 1 aliphatic heterocycles. The Bertz CT molecular complexity index is 827. The summed E-state index contributed by atoms with van der Waals surface area (Å²) in [6.45, 7) is 4.81. The minimum Gasteiger partial charge on any atom is -0.463 e. The summed E-state index contributed by atoms with van der Waals surface area (Å²) in [5, 5.41) is 0. The Hall–Kier alpha value is -3.23. The number of amides is 2. The Labute approximate surface area is 174 Å². The fraction of sp³-hybridized carbons (Fsp3) is 0.476. The molecule has 1 aromatic carbocycles. The van der Waals surface area contributed by atoms with Crippen molar-refractivity contribution in [3.63, 3.8) is 0 Å². The van der Waals surface area contributed by atoms with Gasteiger partial charge in [-0.3, -0.25) is 9.59 Å². The van der Waals surface area contributed by atoms with Gasteiger partial charge in [-0.25, -0.2) is 19.3 Å². The summed E-state index contributed by atoms with van der Waals surface area (Å²) in [6, 6.07) is 7.64. The number of carbonyl (C=O) groups excluding carboxylic acids is 5. The number of ether oxygens (including phenoxy) is 3. The van der Waals surface area contributed by atoms with Crippen molar-refractivity contribution < 1.29 is 38.2 Å². The predicted octanol–water partition coefficient (Wildman–Crippen LogP) is 2.01. The van der Waals surface area contributed by atoms with E-state index in [-0.39, 0.29) is 13.0 Å². The van der Waals surface area contributed by atoms with Crippen LogP contribution in [0.4, 0.5) is 4.79 Å². The number of Topliss-reactive ketones (excluding diaryl/α,β-unsaturated/α-hetero) is 1. The van der Waals surface area contributed by atoms with Crippen LogP contribution in [-0.2, 0) is 40.0 Å². The number of methoxy groups -OCH3 is 1. The summed E-state index contributed by atoms with van der Waals surface area (Å²) in [5.41, 5.74) is -0.174. The minimum atomic E-state index is -1.26. The Balaban J connectivity index is 2.18. The molecule has 0 N–H and O–H groups in total. The van der Waals surface area contributed by atoms with Crippen molar-refractivity contribution in [1.82, 2.24) is 4.90 Å². The number of imide groups is 1. The van der Waals surface area contributed by atoms with E-state index >= 15 is 0 Å². The van der Waals surface area contributed by atoms with Gasteiger partial charge in [0.15, 0.2) is 0 Å². The molecule has 1 saturated heterocycles. The second-order valence-corrected chi connectivity index (χ2v) is 7.85. The van der Waals surface area contributed by atoms with Crippen molar-refractivity contribution in [3.05, 3.63) is 35.9 Å². The molecule has 1 heterocycles. The van der Waals surface area contributed by atoms with E-state index in [4.69, 9.17) is 9.47 Å². The van der Waals surface area contributed by atoms with Crippen LogP contribution in [0.1, 0.15) is 39.2 Å². The highest BCUT2D eigenvalue weighted by atomic mass is 16.6. The van der Waals surface area contributed by atoms with Gasteiger partial charge in [0.25, 0.3) is 0 Å². The normalized spacial score (nSPS) is 18.7. The first kappa shape index (κ1) is 23.1. The minimum absolute atomic E-state index is 0.0434. The molecule has 0 saturated carbocycles. The number of carbonyl (C=O) groups is 5. The smallest absolute Gasteiger partial charge is 0.417 e. The van der Waals surface area contributed by atoms with E-state index in [2.05, 4.69) is 4.74 Å². The summed E-state index contributed by atoms with van der Waals surface area (Å²) >= 11 is 0. The molecular weight excluding hydrogens is 394 g/mol. The van der Waals surface area contributed by atoms with Crippen LogP contribution in [0.15, 0.2) is 30.3 Å². The average molecular weight is 419 g/mol. The monoisotopic (exact) mass is 419 g/mol. The molecular formula is C21H25NO8. The molecule has 1 aliphatic rings. The van der Waals surface area contributed by atoms with Crippen LogP contribution in [0, 0.1) is 5.92 Å². The predicted molar refractivity (Wildman–Crippen MR) is 103 cm³/mol. The lowest BCUT2D eigenvalue weighted by molar-refractivity contribution is -0.153. The van der Waals surface area contributed by atoms with Gasteiger partial charge in [-0.2, -0.15) is 0 Å². The topological polar surface area (TPSA) is 116 Å². The van der Waals surface area contributed by atoms with E-state index in [1.807, 2.05) is 6.07 Å². The first-order valence-corrected chi connectivity index (χ1v) is 9.41. The molecule has 2 rings (SSSR count). The number of likely N-dealkylation sites (tertiary alicyclic amines) is 1. The molecule has 0 unspecified atom stereocenters. The largest absolute Gasteiger partial charge is 0.463 e. The third-order valence-corrected chi connectivity index (χ3v) is 4.34. The zero-order valence-electron chi connectivity index (χ0n) is 17.4. The Kier molecular flexibility index (Phi) is 7.31. The number of benzene rings is 1. The maximum atomic E-state index is 12.8. The molecule has 0 aliphatic carbocycles. The summed E-state index contributed by atoms with van der Waals surface area (Å²) in [6.07, 6.45) is -1.65. The van der Waals surface area contributed by atoms with Crippen LogP contribution >= 0.6 is 0 Å². The zero-order chi connectivity index (χ0) is 22.5. The van der Waals surface area contributed by atoms with Crippen LogP contribution in [0.5, 0.6) is 0 Å². The van der Waals surface area contributed by atoms with E-state index in [9.17, 15) is 24.0 Å². The summed E-state index contributed by atoms with van der Waals surface area (Å²) in [7, 11) is 1.05. The Morgan fingerprint density at radius 3 is 2.30 bits per heavy atom. The Morgan fingerprint density at radius 1 is 1.10 bits per heavy atom. The number of esters is 2. The second kappa shape index (κ2) is 9.51. The standard InChI is InChI=1S/C21H25NO8/c1-21(2,3)30-20(27)22-15(18(25)29-12-13-8-6-5-7-9-13)10-14(17(22)24)11-16(23)19(26)28-4/h5-9,14-15H,10-12H2,1-4H3/t14-,15-/m0/s1. The van der Waals surface area contributed by atoms with E-state index in [1.165, 1.54) is 0 Å². The van der Waals surface area contributed by atoms with Crippen LogP contribution in [-0.4, -0.2) is 53.4 Å². The Morgan fingerprint density at radius 2 is 1.73 bits per heavy atom. The fourth-order valence-corrected chi connectivity index (χ4v) is 2.97. The lowest BCUT2D eigenvalue weighted by Crippen LogP contribution is -2.46. The molecule has 162 valence electrons. The van der Waals surface area contributed by atoms with Crippen molar-refractivity contribution in [2.45, 2.75) is 51.9 Å². The molecule has 0 radical (unpaired) electrons. The van der Waals surface area contributed by atoms with Gasteiger partial charge in [0.1, 0.15) is 18.2 Å². The first-order chi connectivity index (χ1) is 14.0. The van der Waals surface area contributed by atoms with E-state index in [1.54, 1.807) is 45.0 Å². The summed E-state index contributed by atoms with van der Waals surface area (Å²) in [5.74, 6) is -4.63. The van der Waals surface area contributed by atoms with Crippen molar-refractivity contribution in [2.24, 2.45) is 5.92 Å². The lowest BCUT2D eigenvalue weighted by atomic mass is 9.98. The highest BCUT2D eigenvalue weighted by Crippen LogP contribution is 2.30. The molecule has 0 bridgehead atoms. The lowest BCUT2D eigenvalue weighted by Gasteiger charge is -2.26. The average Bonchev–Trinajstić information content (AvgIpc) is 3.01. The van der Waals surface area contributed by atoms with E-state index in [0.29, 0.717) is 4.90 Å². The van der Waals surface area contributed by atoms with Gasteiger partial charge in [-0.15, -0.1) is 0 Å². The van der Waals surface area contributed by atoms with Gasteiger partial charge in [0, 0.05) is 12.3 Å². The maximum Gasteiger partial charge on any atom is 0.417 e. The number of nitrogens with zero attached hydrogens (tertiary/aromatic N) is 1. The van der Waals surface area contributed by atoms with Crippen LogP contribution < -0.4 is 0 Å². The van der Waals surface area contributed by atoms with Crippen molar-refractivity contribution >= 4 is 29.7 Å². The van der Waals surface area contributed by atoms with Gasteiger partial charge >= 0.3 is 18.0 Å². The molecule has 2 atom stereocenters. The molecule has 2 amide bonds. The second-order valence-electron chi connectivity index (χ2n) is 7.85. The van der Waals surface area contributed by atoms with Gasteiger partial charge < -0.3 is 14.2 Å². The summed E-state index contributed by atoms with van der Waals surface area (Å²) in [4.78, 5) is 62.0. The number of ketones is 1. The fourth-order valence-electron chi connectivity index (χ4n) is 2.97. The quantitative estimate of drug-likeness (QED) is 0.391. The van der Waals surface area contributed by atoms with E-state index < -0.39 is 53.7 Å². The third kappa shape index (κ3) is 5.88. The van der Waals surface area contributed by atoms with Gasteiger partial charge in [0.2, 0.25) is 11.7 Å². The van der Waals surface area contributed by atoms with Gasteiger partial charge in [0.05, 0.1) is 7.11 Å². The molecule has 1 fully saturated rings. The summed E-state index contributed by atoms with van der Waals surface area (Å²) < 4.78 is 14.9. The number of rotatable bonds is 6. The van der Waals surface area contributed by atoms with E-state index in [0.717, 1.165) is 12.7 Å². The van der Waals surface area contributed by atoms with Crippen molar-refractivity contribution in [2.75, 3.05) is 7.11 Å². The molecule has 0 aromatic heterocycles. The first-order valence-electron chi connectivity index (χ1n) is 9.41. The molecule has 0 spiro atoms. The number of hydrogen-bond donors (Lipinski definition) is 0.